The van der Waals surface area contributed by atoms with E-state index in [1.807, 2.05) is 13.0 Å². The van der Waals surface area contributed by atoms with Crippen LogP contribution in [0, 0.1) is 22.7 Å². The average Bonchev–Trinajstić information content (AvgIpc) is 3.38. The molecular weight excluding hydrogens is 354 g/mol. The monoisotopic (exact) mass is 370 g/mol. The zero-order valence-corrected chi connectivity index (χ0v) is 14.8. The lowest BCUT2D eigenvalue weighted by atomic mass is 10.0. The van der Waals surface area contributed by atoms with Crippen LogP contribution in [0.4, 0.5) is 11.7 Å². The van der Waals surface area contributed by atoms with E-state index in [0.717, 1.165) is 24.6 Å². The Labute approximate surface area is 153 Å². The van der Waals surface area contributed by atoms with Gasteiger partial charge in [-0.25, -0.2) is 4.98 Å². The van der Waals surface area contributed by atoms with Gasteiger partial charge in [-0.05, 0) is 31.2 Å². The van der Waals surface area contributed by atoms with Gasteiger partial charge in [-0.2, -0.15) is 10.5 Å². The van der Waals surface area contributed by atoms with E-state index in [1.165, 1.54) is 0 Å². The normalized spacial score (nSPS) is 13.0. The number of nitrogens with one attached hydrogen (secondary N) is 1. The van der Waals surface area contributed by atoms with Gasteiger partial charge in [0.05, 0.1) is 16.9 Å². The van der Waals surface area contributed by atoms with Gasteiger partial charge >= 0.3 is 5.88 Å². The molecule has 132 valence electrons. The van der Waals surface area contributed by atoms with Crippen molar-refractivity contribution in [3.8, 4) is 12.1 Å². The number of hydrogen-bond acceptors (Lipinski definition) is 8. The molecule has 10 heteroatoms. The molecule has 9 nitrogen and oxygen atoms in total. The van der Waals surface area contributed by atoms with E-state index < -0.39 is 0 Å². The van der Waals surface area contributed by atoms with Crippen molar-refractivity contribution in [1.82, 2.24) is 10.3 Å². The Bertz CT molecular complexity index is 937. The molecule has 0 bridgehead atoms. The van der Waals surface area contributed by atoms with Crippen molar-refractivity contribution in [2.75, 3.05) is 16.8 Å². The second kappa shape index (κ2) is 7.42. The fourth-order valence-corrected chi connectivity index (χ4v) is 3.30. The first-order valence-electron chi connectivity index (χ1n) is 8.00. The number of thioether (sulfide) groups is 1. The zero-order chi connectivity index (χ0) is 18.7. The maximum absolute atomic E-state index is 12.1. The van der Waals surface area contributed by atoms with Crippen LogP contribution in [-0.2, 0) is 11.3 Å². The number of aryl methyl sites for hydroxylation is 1. The first-order chi connectivity index (χ1) is 12.6. The van der Waals surface area contributed by atoms with Crippen LogP contribution in [0.15, 0.2) is 15.7 Å². The molecule has 1 fully saturated rings. The Balaban J connectivity index is 1.76. The molecule has 0 saturated heterocycles. The average molecular weight is 370 g/mol. The largest absolute Gasteiger partial charge is 0.383 e. The summed E-state index contributed by atoms with van der Waals surface area (Å²) in [6.45, 7) is 2.52. The van der Waals surface area contributed by atoms with Crippen LogP contribution < -0.4 is 15.7 Å². The van der Waals surface area contributed by atoms with Gasteiger partial charge in [0.25, 0.3) is 6.20 Å². The molecular formula is C16H16N7O2S+. The molecule has 1 saturated carbocycles. The molecule has 0 atom stereocenters. The topological polar surface area (TPSA) is 146 Å². The number of pyridine rings is 1. The lowest BCUT2D eigenvalue weighted by Crippen LogP contribution is -2.32. The molecule has 0 radical (unpaired) electrons. The van der Waals surface area contributed by atoms with Crippen molar-refractivity contribution in [2.24, 2.45) is 0 Å². The summed E-state index contributed by atoms with van der Waals surface area (Å²) in [7, 11) is 0. The number of nitrogens with two attached hydrogens (primary N) is 1. The highest BCUT2D eigenvalue weighted by Crippen LogP contribution is 2.45. The number of hydrogen-bond donors (Lipinski definition) is 2. The molecule has 26 heavy (non-hydrogen) atoms. The smallest absolute Gasteiger partial charge is 0.302 e. The Morgan fingerprint density at radius 2 is 2.19 bits per heavy atom. The fourth-order valence-electron chi connectivity index (χ4n) is 2.50. The van der Waals surface area contributed by atoms with Crippen LogP contribution in [0.2, 0.25) is 0 Å². The molecule has 1 amide bonds. The summed E-state index contributed by atoms with van der Waals surface area (Å²) in [5.41, 5.74) is 7.14. The maximum atomic E-state index is 12.1. The SMILES string of the molecule is CC[n+]1cc(NC(=O)CSc2nc(N)c(C#N)c(C3CC3)c2C#N)on1. The molecule has 2 aromatic heterocycles. The van der Waals surface area contributed by atoms with Gasteiger partial charge in [0.1, 0.15) is 23.0 Å². The van der Waals surface area contributed by atoms with Crippen molar-refractivity contribution >= 4 is 29.4 Å². The minimum Gasteiger partial charge on any atom is -0.383 e. The van der Waals surface area contributed by atoms with Crippen LogP contribution >= 0.6 is 11.8 Å². The Morgan fingerprint density at radius 1 is 1.46 bits per heavy atom. The predicted molar refractivity (Wildman–Crippen MR) is 91.8 cm³/mol. The minimum atomic E-state index is -0.323. The number of anilines is 2. The molecule has 2 aromatic rings. The first-order valence-corrected chi connectivity index (χ1v) is 8.98. The molecule has 1 aliphatic rings. The summed E-state index contributed by atoms with van der Waals surface area (Å²) in [6, 6.07) is 4.16. The molecule has 3 N–H and O–H groups in total. The summed E-state index contributed by atoms with van der Waals surface area (Å²) >= 11 is 1.10. The van der Waals surface area contributed by atoms with Crippen LogP contribution in [0.25, 0.3) is 0 Å². The highest BCUT2D eigenvalue weighted by molar-refractivity contribution is 8.00. The predicted octanol–water partition coefficient (Wildman–Crippen LogP) is 1.31. The molecule has 0 aliphatic heterocycles. The summed E-state index contributed by atoms with van der Waals surface area (Å²) < 4.78 is 6.52. The van der Waals surface area contributed by atoms with E-state index in [2.05, 4.69) is 21.6 Å². The van der Waals surface area contributed by atoms with E-state index >= 15 is 0 Å². The number of amides is 1. The Morgan fingerprint density at radius 3 is 2.77 bits per heavy atom. The van der Waals surface area contributed by atoms with Crippen molar-refractivity contribution < 1.29 is 14.0 Å². The number of nitrogen functional groups attached to an aromatic ring is 1. The molecule has 0 aromatic carbocycles. The number of aromatic nitrogens is 3. The van der Waals surface area contributed by atoms with Crippen molar-refractivity contribution in [2.45, 2.75) is 37.3 Å². The highest BCUT2D eigenvalue weighted by Gasteiger charge is 2.32. The third kappa shape index (κ3) is 3.60. The Hall–Kier alpha value is -3.11. The van der Waals surface area contributed by atoms with E-state index in [4.69, 9.17) is 10.3 Å². The first kappa shape index (κ1) is 17.7. The van der Waals surface area contributed by atoms with E-state index in [0.29, 0.717) is 22.7 Å². The lowest BCUT2D eigenvalue weighted by molar-refractivity contribution is -0.759. The van der Waals surface area contributed by atoms with E-state index in [9.17, 15) is 15.3 Å². The van der Waals surface area contributed by atoms with E-state index in [-0.39, 0.29) is 34.8 Å². The minimum absolute atomic E-state index is 0.0178. The molecule has 2 heterocycles. The van der Waals surface area contributed by atoms with Crippen LogP contribution in [0.1, 0.15) is 42.4 Å². The summed E-state index contributed by atoms with van der Waals surface area (Å²) in [6.07, 6.45) is 3.41. The third-order valence-electron chi connectivity index (χ3n) is 3.88. The lowest BCUT2D eigenvalue weighted by Gasteiger charge is -2.11. The summed E-state index contributed by atoms with van der Waals surface area (Å²) in [5, 5.41) is 25.5. The number of nitrogens with zero attached hydrogens (tertiary/aromatic N) is 5. The van der Waals surface area contributed by atoms with Crippen LogP contribution in [0.5, 0.6) is 0 Å². The zero-order valence-electron chi connectivity index (χ0n) is 14.0. The number of nitriles is 2. The molecule has 0 spiro atoms. The van der Waals surface area contributed by atoms with Gasteiger partial charge in [-0.15, -0.1) is 0 Å². The van der Waals surface area contributed by atoms with Gasteiger partial charge in [-0.3, -0.25) is 14.6 Å². The van der Waals surface area contributed by atoms with Crippen LogP contribution in [0.3, 0.4) is 0 Å². The Kier molecular flexibility index (Phi) is 5.05. The maximum Gasteiger partial charge on any atom is 0.302 e. The quantitative estimate of drug-likeness (QED) is 0.571. The fraction of sp³-hybridized carbons (Fsp3) is 0.375. The van der Waals surface area contributed by atoms with Crippen molar-refractivity contribution in [3.63, 3.8) is 0 Å². The number of carbonyl (C=O) groups is 1. The number of carbonyl (C=O) groups excluding carboxylic acids is 1. The van der Waals surface area contributed by atoms with Gasteiger partial charge < -0.3 is 5.73 Å². The second-order valence-electron chi connectivity index (χ2n) is 5.72. The van der Waals surface area contributed by atoms with Gasteiger partial charge in [0.15, 0.2) is 6.54 Å². The van der Waals surface area contributed by atoms with E-state index in [1.54, 1.807) is 10.9 Å². The van der Waals surface area contributed by atoms with Crippen molar-refractivity contribution in [1.29, 1.82) is 10.5 Å². The van der Waals surface area contributed by atoms with Crippen molar-refractivity contribution in [3.05, 3.63) is 22.9 Å². The van der Waals surface area contributed by atoms with Crippen LogP contribution in [-0.4, -0.2) is 21.9 Å². The highest BCUT2D eigenvalue weighted by atomic mass is 32.2. The van der Waals surface area contributed by atoms with Gasteiger partial charge in [-0.1, -0.05) is 16.4 Å². The summed E-state index contributed by atoms with van der Waals surface area (Å²) in [5.74, 6) is 0.191. The third-order valence-corrected chi connectivity index (χ3v) is 4.85. The summed E-state index contributed by atoms with van der Waals surface area (Å²) in [4.78, 5) is 16.3. The number of rotatable bonds is 6. The van der Waals surface area contributed by atoms with Gasteiger partial charge in [0, 0.05) is 0 Å². The molecule has 0 unspecified atom stereocenters. The molecule has 1 aliphatic carbocycles. The van der Waals surface area contributed by atoms with Gasteiger partial charge in [0.2, 0.25) is 11.2 Å². The standard InChI is InChI=1S/C16H15N7O2S/c1-2-23-7-13(25-22-23)20-12(24)8-26-16-11(6-18)14(9-3-4-9)10(5-17)15(19)21-16/h7,9H,2-4,8H2,1H3,(H2-,19,20,21,22,24)/p+1. The second-order valence-corrected chi connectivity index (χ2v) is 6.69. The molecule has 3 rings (SSSR count).